The van der Waals surface area contributed by atoms with Gasteiger partial charge in [-0.05, 0) is 25.7 Å². The summed E-state index contributed by atoms with van der Waals surface area (Å²) in [6, 6.07) is 0. The van der Waals surface area contributed by atoms with Crippen LogP contribution in [0.1, 0.15) is 31.4 Å². The van der Waals surface area contributed by atoms with Crippen molar-refractivity contribution in [3.8, 4) is 0 Å². The topological polar surface area (TPSA) is 81.1 Å². The number of aromatic nitrogens is 3. The Morgan fingerprint density at radius 2 is 2.32 bits per heavy atom. The van der Waals surface area contributed by atoms with E-state index in [2.05, 4.69) is 32.0 Å². The van der Waals surface area contributed by atoms with Gasteiger partial charge in [-0.3, -0.25) is 4.99 Å². The van der Waals surface area contributed by atoms with Crippen LogP contribution in [-0.4, -0.2) is 33.8 Å². The Hall–Kier alpha value is -0.860. The molecule has 0 bridgehead atoms. The van der Waals surface area contributed by atoms with Gasteiger partial charge in [0.05, 0.1) is 0 Å². The summed E-state index contributed by atoms with van der Waals surface area (Å²) in [7, 11) is 0. The highest BCUT2D eigenvalue weighted by molar-refractivity contribution is 14.0. The van der Waals surface area contributed by atoms with Crippen LogP contribution in [0.3, 0.4) is 0 Å². The third-order valence-electron chi connectivity index (χ3n) is 3.31. The van der Waals surface area contributed by atoms with Crippen LogP contribution in [0.4, 0.5) is 0 Å². The molecule has 3 N–H and O–H groups in total. The van der Waals surface area contributed by atoms with E-state index in [1.165, 1.54) is 0 Å². The van der Waals surface area contributed by atoms with Crippen molar-refractivity contribution in [2.75, 3.05) is 13.1 Å². The molecule has 1 atom stereocenters. The number of hydrogen-bond acceptors (Lipinski definition) is 3. The number of aliphatic imine (C=N–C) groups is 1. The lowest BCUT2D eigenvalue weighted by molar-refractivity contribution is 0.370. The highest BCUT2D eigenvalue weighted by Crippen LogP contribution is 2.19. The van der Waals surface area contributed by atoms with Gasteiger partial charge in [-0.15, -0.1) is 34.2 Å². The lowest BCUT2D eigenvalue weighted by Gasteiger charge is -2.22. The van der Waals surface area contributed by atoms with Gasteiger partial charge in [0.1, 0.15) is 11.6 Å². The number of aryl methyl sites for hydroxylation is 2. The van der Waals surface area contributed by atoms with Crippen LogP contribution in [-0.2, 0) is 13.0 Å². The van der Waals surface area contributed by atoms with Crippen LogP contribution in [0.5, 0.6) is 0 Å². The summed E-state index contributed by atoms with van der Waals surface area (Å²) < 4.78 is 2.19. The lowest BCUT2D eigenvalue weighted by Crippen LogP contribution is -2.33. The lowest BCUT2D eigenvalue weighted by atomic mass is 9.99. The summed E-state index contributed by atoms with van der Waals surface area (Å²) in [5, 5.41) is 11.4. The number of hydrogen-bond donors (Lipinski definition) is 2. The van der Waals surface area contributed by atoms with Gasteiger partial charge in [0.25, 0.3) is 0 Å². The fraction of sp³-hybridized carbons (Fsp3) is 0.750. The molecule has 0 spiro atoms. The molecule has 0 saturated carbocycles. The largest absolute Gasteiger partial charge is 0.370 e. The van der Waals surface area contributed by atoms with Gasteiger partial charge in [-0.25, -0.2) is 0 Å². The van der Waals surface area contributed by atoms with Crippen molar-refractivity contribution in [3.63, 3.8) is 0 Å². The van der Waals surface area contributed by atoms with Crippen LogP contribution < -0.4 is 11.1 Å². The van der Waals surface area contributed by atoms with Crippen molar-refractivity contribution in [2.45, 2.75) is 39.7 Å². The first kappa shape index (κ1) is 16.2. The first-order valence-corrected chi connectivity index (χ1v) is 6.63. The summed E-state index contributed by atoms with van der Waals surface area (Å²) in [5.41, 5.74) is 5.79. The second-order valence-corrected chi connectivity index (χ2v) is 4.83. The van der Waals surface area contributed by atoms with Crippen molar-refractivity contribution in [2.24, 2.45) is 16.6 Å². The molecule has 7 heteroatoms. The average Bonchev–Trinajstić information content (AvgIpc) is 2.75. The van der Waals surface area contributed by atoms with E-state index < -0.39 is 0 Å². The van der Waals surface area contributed by atoms with Crippen molar-refractivity contribution in [3.05, 3.63) is 11.6 Å². The van der Waals surface area contributed by atoms with Crippen LogP contribution >= 0.6 is 24.0 Å². The van der Waals surface area contributed by atoms with Crippen LogP contribution in [0, 0.1) is 12.8 Å². The number of nitrogens with two attached hydrogens (primary N) is 1. The summed E-state index contributed by atoms with van der Waals surface area (Å²) in [5.74, 6) is 3.19. The Bertz CT molecular complexity index is 428. The van der Waals surface area contributed by atoms with Crippen molar-refractivity contribution < 1.29 is 0 Å². The number of nitrogens with zero attached hydrogens (tertiary/aromatic N) is 4. The Kier molecular flexibility index (Phi) is 6.53. The average molecular weight is 378 g/mol. The Morgan fingerprint density at radius 1 is 1.53 bits per heavy atom. The van der Waals surface area contributed by atoms with Crippen LogP contribution in [0.15, 0.2) is 4.99 Å². The Morgan fingerprint density at radius 3 is 3.05 bits per heavy atom. The number of rotatable bonds is 4. The molecule has 1 aliphatic heterocycles. The maximum Gasteiger partial charge on any atom is 0.188 e. The maximum atomic E-state index is 5.79. The normalized spacial score (nSPS) is 18.6. The molecule has 0 fully saturated rings. The number of fused-ring (bicyclic) bond motifs is 1. The van der Waals surface area contributed by atoms with Gasteiger partial charge in [0.15, 0.2) is 5.96 Å². The molecule has 0 amide bonds. The second-order valence-electron chi connectivity index (χ2n) is 4.83. The smallest absolute Gasteiger partial charge is 0.188 e. The zero-order valence-corrected chi connectivity index (χ0v) is 13.9. The van der Waals surface area contributed by atoms with Crippen LogP contribution in [0.25, 0.3) is 0 Å². The molecule has 2 rings (SSSR count). The van der Waals surface area contributed by atoms with Gasteiger partial charge in [0, 0.05) is 26.1 Å². The first-order valence-electron chi connectivity index (χ1n) is 6.63. The first-order chi connectivity index (χ1) is 8.70. The zero-order valence-electron chi connectivity index (χ0n) is 11.6. The van der Waals surface area contributed by atoms with E-state index in [-0.39, 0.29) is 24.0 Å². The molecule has 1 aromatic rings. The summed E-state index contributed by atoms with van der Waals surface area (Å²) >= 11 is 0. The minimum absolute atomic E-state index is 0. The molecular formula is C12H23IN6. The minimum atomic E-state index is 0. The summed E-state index contributed by atoms with van der Waals surface area (Å²) in [6.45, 7) is 6.73. The Balaban J connectivity index is 0.00000180. The van der Waals surface area contributed by atoms with Gasteiger partial charge < -0.3 is 15.6 Å². The van der Waals surface area contributed by atoms with Crippen molar-refractivity contribution >= 4 is 29.9 Å². The number of nitrogens with one attached hydrogen (secondary N) is 1. The molecule has 0 radical (unpaired) electrons. The quantitative estimate of drug-likeness (QED) is 0.467. The highest BCUT2D eigenvalue weighted by atomic mass is 127. The predicted molar refractivity (Wildman–Crippen MR) is 86.8 cm³/mol. The van der Waals surface area contributed by atoms with Gasteiger partial charge in [0.2, 0.25) is 0 Å². The van der Waals surface area contributed by atoms with E-state index in [4.69, 9.17) is 5.73 Å². The molecule has 19 heavy (non-hydrogen) atoms. The molecule has 0 saturated heterocycles. The van der Waals surface area contributed by atoms with E-state index >= 15 is 0 Å². The fourth-order valence-corrected chi connectivity index (χ4v) is 2.22. The van der Waals surface area contributed by atoms with E-state index in [0.717, 1.165) is 50.5 Å². The fourth-order valence-electron chi connectivity index (χ4n) is 2.22. The third-order valence-corrected chi connectivity index (χ3v) is 3.31. The molecule has 108 valence electrons. The van der Waals surface area contributed by atoms with Crippen molar-refractivity contribution in [1.29, 1.82) is 0 Å². The monoisotopic (exact) mass is 378 g/mol. The highest BCUT2D eigenvalue weighted by Gasteiger charge is 2.21. The van der Waals surface area contributed by atoms with E-state index in [1.54, 1.807) is 0 Å². The SMILES string of the molecule is CCCNC(N)=NCC1CCc2nnc(C)n2C1.I. The molecule has 0 aliphatic carbocycles. The molecule has 1 unspecified atom stereocenters. The molecule has 6 nitrogen and oxygen atoms in total. The molecule has 1 aromatic heterocycles. The summed E-state index contributed by atoms with van der Waals surface area (Å²) in [6.07, 6.45) is 3.16. The van der Waals surface area contributed by atoms with Gasteiger partial charge in [-0.2, -0.15) is 0 Å². The third kappa shape index (κ3) is 4.32. The second kappa shape index (κ2) is 7.66. The Labute approximate surface area is 131 Å². The summed E-state index contributed by atoms with van der Waals surface area (Å²) in [4.78, 5) is 4.40. The van der Waals surface area contributed by atoms with E-state index in [1.807, 2.05) is 6.92 Å². The van der Waals surface area contributed by atoms with Gasteiger partial charge in [-0.1, -0.05) is 6.92 Å². The molecule has 2 heterocycles. The predicted octanol–water partition coefficient (Wildman–Crippen LogP) is 1.08. The minimum Gasteiger partial charge on any atom is -0.370 e. The van der Waals surface area contributed by atoms with Gasteiger partial charge >= 0.3 is 0 Å². The molecule has 1 aliphatic rings. The van der Waals surface area contributed by atoms with Crippen LogP contribution in [0.2, 0.25) is 0 Å². The maximum absolute atomic E-state index is 5.79. The zero-order chi connectivity index (χ0) is 13.0. The molecule has 0 aromatic carbocycles. The van der Waals surface area contributed by atoms with E-state index in [0.29, 0.717) is 11.9 Å². The number of guanidine groups is 1. The van der Waals surface area contributed by atoms with E-state index in [9.17, 15) is 0 Å². The number of halogens is 1. The van der Waals surface area contributed by atoms with Crippen molar-refractivity contribution in [1.82, 2.24) is 20.1 Å². The molecular weight excluding hydrogens is 355 g/mol. The standard InChI is InChI=1S/C12H22N6.HI/c1-3-6-14-12(13)15-7-10-4-5-11-17-16-9(2)18(11)8-10;/h10H,3-8H2,1-2H3,(H3,13,14,15);1H.